The van der Waals surface area contributed by atoms with Crippen molar-refractivity contribution in [2.24, 2.45) is 5.92 Å². The summed E-state index contributed by atoms with van der Waals surface area (Å²) in [5, 5.41) is 5.53. The van der Waals surface area contributed by atoms with E-state index in [0.717, 1.165) is 56.3 Å². The maximum atomic E-state index is 12.4. The predicted molar refractivity (Wildman–Crippen MR) is 106 cm³/mol. The van der Waals surface area contributed by atoms with Crippen LogP contribution in [0, 0.1) is 5.92 Å². The summed E-state index contributed by atoms with van der Waals surface area (Å²) >= 11 is 0. The van der Waals surface area contributed by atoms with Crippen LogP contribution in [0.2, 0.25) is 0 Å². The van der Waals surface area contributed by atoms with E-state index >= 15 is 0 Å². The summed E-state index contributed by atoms with van der Waals surface area (Å²) < 4.78 is 0. The highest BCUT2D eigenvalue weighted by molar-refractivity contribution is 6.39. The van der Waals surface area contributed by atoms with Gasteiger partial charge in [-0.15, -0.1) is 0 Å². The molecule has 1 aliphatic carbocycles. The third-order valence-electron chi connectivity index (χ3n) is 5.36. The van der Waals surface area contributed by atoms with Crippen molar-refractivity contribution in [3.8, 4) is 0 Å². The zero-order chi connectivity index (χ0) is 19.4. The van der Waals surface area contributed by atoms with E-state index in [2.05, 4.69) is 10.6 Å². The molecule has 1 aromatic rings. The van der Waals surface area contributed by atoms with Gasteiger partial charge in [0.1, 0.15) is 0 Å². The molecule has 1 heterocycles. The first kappa shape index (κ1) is 19.4. The number of carbonyl (C=O) groups is 3. The van der Waals surface area contributed by atoms with Gasteiger partial charge in [0, 0.05) is 29.9 Å². The fourth-order valence-electron chi connectivity index (χ4n) is 3.90. The molecule has 1 aromatic carbocycles. The van der Waals surface area contributed by atoms with E-state index < -0.39 is 11.8 Å². The summed E-state index contributed by atoms with van der Waals surface area (Å²) in [5.74, 6) is -1.15. The highest BCUT2D eigenvalue weighted by atomic mass is 16.2. The number of benzene rings is 1. The highest BCUT2D eigenvalue weighted by Crippen LogP contribution is 2.30. The van der Waals surface area contributed by atoms with Crippen LogP contribution in [0.3, 0.4) is 0 Å². The molecule has 2 N–H and O–H groups in total. The van der Waals surface area contributed by atoms with Gasteiger partial charge in [-0.1, -0.05) is 33.1 Å². The van der Waals surface area contributed by atoms with Crippen LogP contribution < -0.4 is 15.5 Å². The van der Waals surface area contributed by atoms with Crippen LogP contribution >= 0.6 is 0 Å². The lowest BCUT2D eigenvalue weighted by Crippen LogP contribution is -2.42. The van der Waals surface area contributed by atoms with E-state index in [0.29, 0.717) is 5.69 Å². The quantitative estimate of drug-likeness (QED) is 0.802. The maximum absolute atomic E-state index is 12.4. The van der Waals surface area contributed by atoms with Crippen molar-refractivity contribution in [1.82, 2.24) is 5.32 Å². The predicted octanol–water partition coefficient (Wildman–Crippen LogP) is 3.01. The van der Waals surface area contributed by atoms with Crippen molar-refractivity contribution < 1.29 is 14.4 Å². The number of nitrogens with one attached hydrogen (secondary N) is 2. The smallest absolute Gasteiger partial charge is 0.313 e. The van der Waals surface area contributed by atoms with Crippen LogP contribution in [0.25, 0.3) is 0 Å². The lowest BCUT2D eigenvalue weighted by molar-refractivity contribution is -0.136. The van der Waals surface area contributed by atoms with Gasteiger partial charge in [0.05, 0.1) is 0 Å². The van der Waals surface area contributed by atoms with Crippen LogP contribution in [0.1, 0.15) is 57.9 Å². The molecule has 3 amide bonds. The van der Waals surface area contributed by atoms with Crippen molar-refractivity contribution in [3.63, 3.8) is 0 Å². The van der Waals surface area contributed by atoms with Crippen molar-refractivity contribution in [2.75, 3.05) is 16.8 Å². The Labute approximate surface area is 160 Å². The number of carbonyl (C=O) groups excluding carboxylic acids is 3. The molecular weight excluding hydrogens is 342 g/mol. The van der Waals surface area contributed by atoms with E-state index in [-0.39, 0.29) is 17.9 Å². The summed E-state index contributed by atoms with van der Waals surface area (Å²) in [6.45, 7) is 4.52. The molecule has 6 nitrogen and oxygen atoms in total. The van der Waals surface area contributed by atoms with Gasteiger partial charge in [-0.2, -0.15) is 0 Å². The monoisotopic (exact) mass is 371 g/mol. The minimum atomic E-state index is -0.633. The van der Waals surface area contributed by atoms with Crippen LogP contribution in [0.4, 0.5) is 11.4 Å². The first-order chi connectivity index (χ1) is 13.0. The van der Waals surface area contributed by atoms with Gasteiger partial charge in [0.25, 0.3) is 0 Å². The van der Waals surface area contributed by atoms with Gasteiger partial charge in [-0.25, -0.2) is 0 Å². The average Bonchev–Trinajstić information content (AvgIpc) is 2.67. The molecule has 1 saturated carbocycles. The molecular formula is C21H29N3O3. The molecule has 0 unspecified atom stereocenters. The van der Waals surface area contributed by atoms with E-state index in [1.54, 1.807) is 6.07 Å². The van der Waals surface area contributed by atoms with Gasteiger partial charge < -0.3 is 15.5 Å². The summed E-state index contributed by atoms with van der Waals surface area (Å²) in [5.41, 5.74) is 2.53. The van der Waals surface area contributed by atoms with Gasteiger partial charge in [0.2, 0.25) is 5.91 Å². The van der Waals surface area contributed by atoms with Gasteiger partial charge >= 0.3 is 11.8 Å². The van der Waals surface area contributed by atoms with E-state index in [1.807, 2.05) is 30.9 Å². The van der Waals surface area contributed by atoms with E-state index in [1.165, 1.54) is 6.42 Å². The number of anilines is 2. The molecule has 1 fully saturated rings. The highest BCUT2D eigenvalue weighted by Gasteiger charge is 2.25. The van der Waals surface area contributed by atoms with Gasteiger partial charge in [-0.3, -0.25) is 14.4 Å². The Morgan fingerprint density at radius 2 is 1.78 bits per heavy atom. The number of hydrogen-bond donors (Lipinski definition) is 2. The Bertz CT molecular complexity index is 723. The molecule has 0 saturated heterocycles. The molecule has 6 heteroatoms. The Balaban J connectivity index is 1.65. The number of amides is 3. The summed E-state index contributed by atoms with van der Waals surface area (Å²) in [6, 6.07) is 5.61. The number of aryl methyl sites for hydroxylation is 1. The number of rotatable bonds is 3. The second-order valence-corrected chi connectivity index (χ2v) is 7.85. The zero-order valence-electron chi connectivity index (χ0n) is 16.2. The topological polar surface area (TPSA) is 78.5 Å². The van der Waals surface area contributed by atoms with Crippen LogP contribution in [0.5, 0.6) is 0 Å². The molecule has 0 aromatic heterocycles. The Kier molecular flexibility index (Phi) is 6.14. The van der Waals surface area contributed by atoms with Crippen LogP contribution in [-0.4, -0.2) is 30.3 Å². The first-order valence-electron chi connectivity index (χ1n) is 10.0. The van der Waals surface area contributed by atoms with Gasteiger partial charge in [-0.05, 0) is 49.4 Å². The Morgan fingerprint density at radius 1 is 1.04 bits per heavy atom. The molecule has 0 bridgehead atoms. The molecule has 0 radical (unpaired) electrons. The average molecular weight is 371 g/mol. The number of fused-ring (bicyclic) bond motifs is 1. The lowest BCUT2D eigenvalue weighted by Gasteiger charge is -2.31. The van der Waals surface area contributed by atoms with E-state index in [4.69, 9.17) is 0 Å². The van der Waals surface area contributed by atoms with Crippen molar-refractivity contribution in [2.45, 2.75) is 64.8 Å². The Hall–Kier alpha value is -2.37. The largest absolute Gasteiger partial charge is 0.345 e. The summed E-state index contributed by atoms with van der Waals surface area (Å²) in [4.78, 5) is 38.6. The minimum Gasteiger partial charge on any atom is -0.345 e. The third kappa shape index (κ3) is 4.67. The van der Waals surface area contributed by atoms with Crippen molar-refractivity contribution in [1.29, 1.82) is 0 Å². The first-order valence-corrected chi connectivity index (χ1v) is 10.0. The standard InChI is InChI=1S/C21H29N3O3/c1-14(2)21(27)24-12-6-7-15-13-17(10-11-18(15)24)23-20(26)19(25)22-16-8-4-3-5-9-16/h10-11,13-14,16H,3-9,12H2,1-2H3,(H,22,25)(H,23,26). The SMILES string of the molecule is CC(C)C(=O)N1CCCc2cc(NC(=O)C(=O)NC3CCCCC3)ccc21. The Morgan fingerprint density at radius 3 is 2.48 bits per heavy atom. The van der Waals surface area contributed by atoms with Crippen molar-refractivity contribution in [3.05, 3.63) is 23.8 Å². The van der Waals surface area contributed by atoms with E-state index in [9.17, 15) is 14.4 Å². The molecule has 0 atom stereocenters. The molecule has 2 aliphatic rings. The second kappa shape index (κ2) is 8.55. The molecule has 1 aliphatic heterocycles. The van der Waals surface area contributed by atoms with Crippen LogP contribution in [0.15, 0.2) is 18.2 Å². The summed E-state index contributed by atoms with van der Waals surface area (Å²) in [6.07, 6.45) is 7.03. The third-order valence-corrected chi connectivity index (χ3v) is 5.36. The normalized spacial score (nSPS) is 17.4. The fourth-order valence-corrected chi connectivity index (χ4v) is 3.90. The zero-order valence-corrected chi connectivity index (χ0v) is 16.2. The summed E-state index contributed by atoms with van der Waals surface area (Å²) in [7, 11) is 0. The van der Waals surface area contributed by atoms with Gasteiger partial charge in [0.15, 0.2) is 0 Å². The van der Waals surface area contributed by atoms with Crippen molar-refractivity contribution >= 4 is 29.1 Å². The lowest BCUT2D eigenvalue weighted by atomic mass is 9.95. The molecule has 27 heavy (non-hydrogen) atoms. The minimum absolute atomic E-state index is 0.0567. The molecule has 0 spiro atoms. The second-order valence-electron chi connectivity index (χ2n) is 7.85. The number of hydrogen-bond acceptors (Lipinski definition) is 3. The molecule has 146 valence electrons. The maximum Gasteiger partial charge on any atom is 0.313 e. The molecule has 3 rings (SSSR count). The number of nitrogens with zero attached hydrogens (tertiary/aromatic N) is 1. The van der Waals surface area contributed by atoms with Crippen LogP contribution in [-0.2, 0) is 20.8 Å². The fraction of sp³-hybridized carbons (Fsp3) is 0.571.